The molecule has 2 rings (SSSR count). The minimum absolute atomic E-state index is 0.213. The zero-order valence-electron chi connectivity index (χ0n) is 11.3. The van der Waals surface area contributed by atoms with Crippen molar-refractivity contribution in [1.82, 2.24) is 9.97 Å². The summed E-state index contributed by atoms with van der Waals surface area (Å²) in [5.41, 5.74) is 0. The first-order valence-electron chi connectivity index (χ1n) is 6.54. The van der Waals surface area contributed by atoms with E-state index in [1.807, 2.05) is 0 Å². The number of anilines is 1. The summed E-state index contributed by atoms with van der Waals surface area (Å²) in [5.74, 6) is 1.67. The van der Waals surface area contributed by atoms with Gasteiger partial charge in [0.2, 0.25) is 0 Å². The third-order valence-electron chi connectivity index (χ3n) is 2.99. The Morgan fingerprint density at radius 3 is 3.11 bits per heavy atom. The maximum atomic E-state index is 11.3. The molecule has 0 aromatic carbocycles. The van der Waals surface area contributed by atoms with Crippen molar-refractivity contribution in [2.75, 3.05) is 30.3 Å². The predicted molar refractivity (Wildman–Crippen MR) is 75.4 cm³/mol. The maximum absolute atomic E-state index is 11.3. The Kier molecular flexibility index (Phi) is 5.01. The zero-order chi connectivity index (χ0) is 13.7. The molecule has 6 heteroatoms. The van der Waals surface area contributed by atoms with Crippen molar-refractivity contribution in [3.05, 3.63) is 12.4 Å². The topological polar surface area (TPSA) is 55.3 Å². The summed E-state index contributed by atoms with van der Waals surface area (Å²) >= 11 is 1.37. The number of hydrogen-bond donors (Lipinski definition) is 0. The number of ether oxygens (including phenoxy) is 1. The first-order chi connectivity index (χ1) is 9.19. The van der Waals surface area contributed by atoms with Gasteiger partial charge in [-0.1, -0.05) is 18.7 Å². The van der Waals surface area contributed by atoms with Crippen LogP contribution in [0.25, 0.3) is 0 Å². The summed E-state index contributed by atoms with van der Waals surface area (Å²) in [5, 5.41) is 0.769. The molecule has 0 saturated carbocycles. The molecule has 1 aliphatic heterocycles. The lowest BCUT2D eigenvalue weighted by Crippen LogP contribution is -2.20. The van der Waals surface area contributed by atoms with Crippen LogP contribution in [-0.4, -0.2) is 41.4 Å². The monoisotopic (exact) mass is 281 g/mol. The molecule has 1 saturated heterocycles. The molecule has 0 N–H and O–H groups in total. The number of hydrogen-bond acceptors (Lipinski definition) is 6. The van der Waals surface area contributed by atoms with Crippen LogP contribution in [0.3, 0.4) is 0 Å². The Balaban J connectivity index is 1.93. The number of esters is 1. The van der Waals surface area contributed by atoms with Crippen LogP contribution < -0.4 is 4.90 Å². The van der Waals surface area contributed by atoms with Crippen LogP contribution in [0.2, 0.25) is 0 Å². The minimum Gasteiger partial charge on any atom is -0.465 e. The highest BCUT2D eigenvalue weighted by Gasteiger charge is 2.20. The highest BCUT2D eigenvalue weighted by atomic mass is 32.2. The van der Waals surface area contributed by atoms with E-state index in [2.05, 4.69) is 21.8 Å². The molecule has 0 bridgehead atoms. The van der Waals surface area contributed by atoms with E-state index in [0.717, 1.165) is 23.9 Å². The van der Waals surface area contributed by atoms with E-state index in [-0.39, 0.29) is 11.7 Å². The fraction of sp³-hybridized carbons (Fsp3) is 0.615. The third-order valence-corrected chi connectivity index (χ3v) is 3.86. The number of rotatable bonds is 5. The largest absolute Gasteiger partial charge is 0.465 e. The van der Waals surface area contributed by atoms with Gasteiger partial charge in [-0.05, 0) is 19.3 Å². The van der Waals surface area contributed by atoms with Gasteiger partial charge < -0.3 is 9.64 Å². The van der Waals surface area contributed by atoms with Gasteiger partial charge >= 0.3 is 5.97 Å². The predicted octanol–water partition coefficient (Wildman–Crippen LogP) is 1.98. The molecular weight excluding hydrogens is 262 g/mol. The van der Waals surface area contributed by atoms with E-state index < -0.39 is 0 Å². The lowest BCUT2D eigenvalue weighted by atomic mass is 10.2. The summed E-state index contributed by atoms with van der Waals surface area (Å²) in [6.07, 6.45) is 4.67. The normalized spacial score (nSPS) is 18.6. The fourth-order valence-corrected chi connectivity index (χ4v) is 2.68. The van der Waals surface area contributed by atoms with Crippen LogP contribution in [0.4, 0.5) is 5.82 Å². The van der Waals surface area contributed by atoms with E-state index >= 15 is 0 Å². The molecule has 1 fully saturated rings. The van der Waals surface area contributed by atoms with Gasteiger partial charge in [-0.15, -0.1) is 0 Å². The average Bonchev–Trinajstić information content (AvgIpc) is 2.84. The molecule has 19 heavy (non-hydrogen) atoms. The molecule has 0 spiro atoms. The Hall–Kier alpha value is -1.30. The van der Waals surface area contributed by atoms with Crippen LogP contribution in [0.1, 0.15) is 20.3 Å². The van der Waals surface area contributed by atoms with Crippen LogP contribution in [0.5, 0.6) is 0 Å². The van der Waals surface area contributed by atoms with Gasteiger partial charge in [0.1, 0.15) is 10.8 Å². The molecule has 104 valence electrons. The molecule has 0 aliphatic carbocycles. The molecular formula is C13H19N3O2S. The number of nitrogens with zero attached hydrogens (tertiary/aromatic N) is 3. The second-order valence-electron chi connectivity index (χ2n) is 4.65. The molecule has 2 heterocycles. The summed E-state index contributed by atoms with van der Waals surface area (Å²) in [6, 6.07) is 0. The average molecular weight is 281 g/mol. The van der Waals surface area contributed by atoms with Gasteiger partial charge in [-0.3, -0.25) is 9.78 Å². The fourth-order valence-electron chi connectivity index (χ4n) is 2.04. The van der Waals surface area contributed by atoms with Crippen molar-refractivity contribution >= 4 is 23.5 Å². The quantitative estimate of drug-likeness (QED) is 0.607. The molecule has 1 unspecified atom stereocenters. The number of thioether (sulfide) groups is 1. The third kappa shape index (κ3) is 4.09. The van der Waals surface area contributed by atoms with Gasteiger partial charge in [0.15, 0.2) is 0 Å². The van der Waals surface area contributed by atoms with Gasteiger partial charge in [-0.2, -0.15) is 0 Å². The van der Waals surface area contributed by atoms with Crippen molar-refractivity contribution in [1.29, 1.82) is 0 Å². The Bertz CT molecular complexity index is 442. The number of aromatic nitrogens is 2. The zero-order valence-corrected chi connectivity index (χ0v) is 12.2. The molecule has 1 aliphatic rings. The van der Waals surface area contributed by atoms with Crippen molar-refractivity contribution < 1.29 is 9.53 Å². The molecule has 5 nitrogen and oxygen atoms in total. The minimum atomic E-state index is -0.213. The summed E-state index contributed by atoms with van der Waals surface area (Å²) < 4.78 is 4.89. The first-order valence-corrected chi connectivity index (χ1v) is 7.53. The highest BCUT2D eigenvalue weighted by Crippen LogP contribution is 2.23. The second kappa shape index (κ2) is 6.75. The van der Waals surface area contributed by atoms with Gasteiger partial charge in [0.25, 0.3) is 0 Å². The molecule has 0 radical (unpaired) electrons. The second-order valence-corrected chi connectivity index (χ2v) is 5.64. The molecule has 1 aromatic rings. The first kappa shape index (κ1) is 14.1. The summed E-state index contributed by atoms with van der Waals surface area (Å²) in [4.78, 5) is 22.3. The summed E-state index contributed by atoms with van der Waals surface area (Å²) in [7, 11) is 0. The van der Waals surface area contributed by atoms with Crippen LogP contribution in [0.15, 0.2) is 17.4 Å². The lowest BCUT2D eigenvalue weighted by Gasteiger charge is -2.16. The lowest BCUT2D eigenvalue weighted by molar-refractivity contribution is -0.139. The Labute approximate surface area is 117 Å². The molecule has 1 atom stereocenters. The van der Waals surface area contributed by atoms with Crippen LogP contribution in [0, 0.1) is 5.92 Å². The van der Waals surface area contributed by atoms with E-state index in [0.29, 0.717) is 12.5 Å². The SMILES string of the molecule is CCOC(=O)CSc1cncc(N2CCC(C)C2)n1. The Morgan fingerprint density at radius 2 is 2.42 bits per heavy atom. The molecule has 0 amide bonds. The van der Waals surface area contributed by atoms with Crippen LogP contribution >= 0.6 is 11.8 Å². The van der Waals surface area contributed by atoms with E-state index in [1.165, 1.54) is 18.2 Å². The molecule has 1 aromatic heterocycles. The van der Waals surface area contributed by atoms with Crippen molar-refractivity contribution in [2.45, 2.75) is 25.3 Å². The smallest absolute Gasteiger partial charge is 0.316 e. The number of carbonyl (C=O) groups is 1. The van der Waals surface area contributed by atoms with E-state index in [1.54, 1.807) is 19.3 Å². The van der Waals surface area contributed by atoms with E-state index in [9.17, 15) is 4.79 Å². The van der Waals surface area contributed by atoms with Crippen molar-refractivity contribution in [2.24, 2.45) is 5.92 Å². The maximum Gasteiger partial charge on any atom is 0.316 e. The highest BCUT2D eigenvalue weighted by molar-refractivity contribution is 7.99. The van der Waals surface area contributed by atoms with Crippen LogP contribution in [-0.2, 0) is 9.53 Å². The standard InChI is InChI=1S/C13H19N3O2S/c1-3-18-13(17)9-19-12-7-14-6-11(15-12)16-5-4-10(2)8-16/h6-7,10H,3-5,8-9H2,1-2H3. The Morgan fingerprint density at radius 1 is 1.58 bits per heavy atom. The van der Waals surface area contributed by atoms with Gasteiger partial charge in [0.05, 0.1) is 24.8 Å². The van der Waals surface area contributed by atoms with E-state index in [4.69, 9.17) is 4.74 Å². The van der Waals surface area contributed by atoms with Crippen molar-refractivity contribution in [3.8, 4) is 0 Å². The van der Waals surface area contributed by atoms with Gasteiger partial charge in [-0.25, -0.2) is 4.98 Å². The number of carbonyl (C=O) groups excluding carboxylic acids is 1. The summed E-state index contributed by atoms with van der Waals surface area (Å²) in [6.45, 7) is 6.52. The van der Waals surface area contributed by atoms with Crippen molar-refractivity contribution in [3.63, 3.8) is 0 Å². The van der Waals surface area contributed by atoms with Gasteiger partial charge in [0, 0.05) is 13.1 Å².